The molecule has 14 heavy (non-hydrogen) atoms. The zero-order chi connectivity index (χ0) is 10.9. The second kappa shape index (κ2) is 3.50. The molecule has 0 amide bonds. The lowest BCUT2D eigenvalue weighted by Crippen LogP contribution is -2.15. The van der Waals surface area contributed by atoms with Crippen molar-refractivity contribution in [3.8, 4) is 12.3 Å². The topological polar surface area (TPSA) is 0 Å². The van der Waals surface area contributed by atoms with E-state index in [1.807, 2.05) is 0 Å². The largest absolute Gasteiger partial charge is 0.115 e. The molecule has 0 fully saturated rings. The van der Waals surface area contributed by atoms with Gasteiger partial charge in [0.25, 0.3) is 0 Å². The summed E-state index contributed by atoms with van der Waals surface area (Å²) in [5.74, 6) is 2.69. The van der Waals surface area contributed by atoms with Crippen LogP contribution in [0.3, 0.4) is 0 Å². The van der Waals surface area contributed by atoms with Crippen molar-refractivity contribution in [1.29, 1.82) is 0 Å². The van der Waals surface area contributed by atoms with Crippen LogP contribution in [0.15, 0.2) is 12.1 Å². The van der Waals surface area contributed by atoms with Crippen LogP contribution in [0.5, 0.6) is 0 Å². The number of hydrogen-bond acceptors (Lipinski definition) is 0. The number of aryl methyl sites for hydroxylation is 2. The third-order valence-electron chi connectivity index (χ3n) is 2.45. The van der Waals surface area contributed by atoms with Gasteiger partial charge in [-0.05, 0) is 48.1 Å². The van der Waals surface area contributed by atoms with Crippen LogP contribution in [-0.4, -0.2) is 0 Å². The first-order chi connectivity index (χ1) is 6.36. The fraction of sp³-hybridized carbons (Fsp3) is 0.429. The zero-order valence-electron chi connectivity index (χ0n) is 9.73. The molecule has 0 heterocycles. The summed E-state index contributed by atoms with van der Waals surface area (Å²) in [7, 11) is 0. The van der Waals surface area contributed by atoms with E-state index in [4.69, 9.17) is 6.42 Å². The number of rotatable bonds is 0. The van der Waals surface area contributed by atoms with E-state index in [0.717, 1.165) is 5.56 Å². The summed E-state index contributed by atoms with van der Waals surface area (Å²) in [5.41, 5.74) is 5.18. The molecule has 0 radical (unpaired) electrons. The van der Waals surface area contributed by atoms with Crippen LogP contribution < -0.4 is 0 Å². The maximum absolute atomic E-state index is 5.40. The highest BCUT2D eigenvalue weighted by molar-refractivity contribution is 5.46. The number of benzene rings is 1. The molecule has 0 unspecified atom stereocenters. The minimum absolute atomic E-state index is 0.196. The maximum Gasteiger partial charge on any atom is 0.0248 e. The van der Waals surface area contributed by atoms with Gasteiger partial charge in [-0.25, -0.2) is 0 Å². The average Bonchev–Trinajstić information content (AvgIpc) is 1.99. The van der Waals surface area contributed by atoms with Gasteiger partial charge in [0.05, 0.1) is 0 Å². The SMILES string of the molecule is C#Cc1cc(C)c(C(C)(C)C)c(C)c1. The Hall–Kier alpha value is -1.22. The Balaban J connectivity index is 3.42. The fourth-order valence-electron chi connectivity index (χ4n) is 2.23. The lowest BCUT2D eigenvalue weighted by atomic mass is 9.80. The first-order valence-corrected chi connectivity index (χ1v) is 4.94. The highest BCUT2D eigenvalue weighted by Gasteiger charge is 2.18. The van der Waals surface area contributed by atoms with E-state index in [1.165, 1.54) is 16.7 Å². The molecule has 1 aromatic carbocycles. The predicted octanol–water partition coefficient (Wildman–Crippen LogP) is 3.58. The first kappa shape index (κ1) is 10.9. The molecular weight excluding hydrogens is 168 g/mol. The van der Waals surface area contributed by atoms with Gasteiger partial charge in [-0.3, -0.25) is 0 Å². The third-order valence-corrected chi connectivity index (χ3v) is 2.45. The Morgan fingerprint density at radius 3 is 1.79 bits per heavy atom. The van der Waals surface area contributed by atoms with Gasteiger partial charge in [0.2, 0.25) is 0 Å². The van der Waals surface area contributed by atoms with Crippen molar-refractivity contribution >= 4 is 0 Å². The van der Waals surface area contributed by atoms with E-state index in [2.05, 4.69) is 52.7 Å². The molecule has 0 aliphatic heterocycles. The van der Waals surface area contributed by atoms with Crippen molar-refractivity contribution in [2.45, 2.75) is 40.0 Å². The highest BCUT2D eigenvalue weighted by Crippen LogP contribution is 2.29. The van der Waals surface area contributed by atoms with Crippen LogP contribution in [0, 0.1) is 26.2 Å². The predicted molar refractivity (Wildman–Crippen MR) is 62.6 cm³/mol. The Bertz CT molecular complexity index is 360. The third kappa shape index (κ3) is 1.99. The molecule has 0 nitrogen and oxygen atoms in total. The molecular formula is C14H18. The molecule has 0 aliphatic rings. The van der Waals surface area contributed by atoms with Crippen molar-refractivity contribution in [2.24, 2.45) is 0 Å². The van der Waals surface area contributed by atoms with Gasteiger partial charge in [-0.1, -0.05) is 26.7 Å². The second-order valence-corrected chi connectivity index (χ2v) is 4.88. The minimum atomic E-state index is 0.196. The van der Waals surface area contributed by atoms with Crippen molar-refractivity contribution < 1.29 is 0 Å². The van der Waals surface area contributed by atoms with Gasteiger partial charge in [0, 0.05) is 5.56 Å². The van der Waals surface area contributed by atoms with Crippen LogP contribution in [0.2, 0.25) is 0 Å². The summed E-state index contributed by atoms with van der Waals surface area (Å²) in [5, 5.41) is 0. The van der Waals surface area contributed by atoms with E-state index >= 15 is 0 Å². The first-order valence-electron chi connectivity index (χ1n) is 4.94. The van der Waals surface area contributed by atoms with E-state index < -0.39 is 0 Å². The van der Waals surface area contributed by atoms with E-state index in [0.29, 0.717) is 0 Å². The molecule has 0 atom stereocenters. The second-order valence-electron chi connectivity index (χ2n) is 4.88. The standard InChI is InChI=1S/C14H18/c1-7-12-8-10(2)13(11(3)9-12)14(4,5)6/h1,8-9H,2-6H3. The van der Waals surface area contributed by atoms with E-state index in [9.17, 15) is 0 Å². The highest BCUT2D eigenvalue weighted by atomic mass is 14.2. The normalized spacial score (nSPS) is 11.1. The number of terminal acetylenes is 1. The molecule has 0 saturated carbocycles. The molecule has 74 valence electrons. The molecule has 0 N–H and O–H groups in total. The average molecular weight is 186 g/mol. The molecule has 0 aromatic heterocycles. The van der Waals surface area contributed by atoms with E-state index in [1.54, 1.807) is 0 Å². The summed E-state index contributed by atoms with van der Waals surface area (Å²) in [6.45, 7) is 11.0. The van der Waals surface area contributed by atoms with Crippen LogP contribution >= 0.6 is 0 Å². The molecule has 0 heteroatoms. The molecule has 1 rings (SSSR count). The van der Waals surface area contributed by atoms with Gasteiger partial charge in [0.15, 0.2) is 0 Å². The lowest BCUT2D eigenvalue weighted by molar-refractivity contribution is 0.582. The van der Waals surface area contributed by atoms with Gasteiger partial charge in [-0.15, -0.1) is 6.42 Å². The Morgan fingerprint density at radius 2 is 1.50 bits per heavy atom. The summed E-state index contributed by atoms with van der Waals surface area (Å²) in [4.78, 5) is 0. The Morgan fingerprint density at radius 1 is 1.07 bits per heavy atom. The Kier molecular flexibility index (Phi) is 2.71. The fourth-order valence-corrected chi connectivity index (χ4v) is 2.23. The summed E-state index contributed by atoms with van der Waals surface area (Å²) in [6, 6.07) is 4.18. The monoisotopic (exact) mass is 186 g/mol. The van der Waals surface area contributed by atoms with Gasteiger partial charge in [0.1, 0.15) is 0 Å². The Labute approximate surface area is 87.4 Å². The number of hydrogen-bond donors (Lipinski definition) is 0. The van der Waals surface area contributed by atoms with Crippen LogP contribution in [0.1, 0.15) is 43.0 Å². The van der Waals surface area contributed by atoms with Crippen LogP contribution in [0.25, 0.3) is 0 Å². The van der Waals surface area contributed by atoms with E-state index in [-0.39, 0.29) is 5.41 Å². The van der Waals surface area contributed by atoms with Gasteiger partial charge < -0.3 is 0 Å². The molecule has 0 bridgehead atoms. The van der Waals surface area contributed by atoms with Crippen LogP contribution in [-0.2, 0) is 5.41 Å². The molecule has 1 aromatic rings. The lowest BCUT2D eigenvalue weighted by Gasteiger charge is -2.24. The molecule has 0 spiro atoms. The van der Waals surface area contributed by atoms with Crippen molar-refractivity contribution in [3.05, 3.63) is 34.4 Å². The van der Waals surface area contributed by atoms with Crippen LogP contribution in [0.4, 0.5) is 0 Å². The van der Waals surface area contributed by atoms with Crippen molar-refractivity contribution in [3.63, 3.8) is 0 Å². The molecule has 0 aliphatic carbocycles. The quantitative estimate of drug-likeness (QED) is 0.543. The molecule has 0 saturated heterocycles. The maximum atomic E-state index is 5.40. The van der Waals surface area contributed by atoms with Crippen molar-refractivity contribution in [2.75, 3.05) is 0 Å². The van der Waals surface area contributed by atoms with Gasteiger partial charge in [-0.2, -0.15) is 0 Å². The smallest absolute Gasteiger partial charge is 0.0248 e. The summed E-state index contributed by atoms with van der Waals surface area (Å²) < 4.78 is 0. The van der Waals surface area contributed by atoms with Gasteiger partial charge >= 0.3 is 0 Å². The minimum Gasteiger partial charge on any atom is -0.115 e. The summed E-state index contributed by atoms with van der Waals surface area (Å²) in [6.07, 6.45) is 5.40. The van der Waals surface area contributed by atoms with Crippen molar-refractivity contribution in [1.82, 2.24) is 0 Å². The zero-order valence-corrected chi connectivity index (χ0v) is 9.73. The summed E-state index contributed by atoms with van der Waals surface area (Å²) >= 11 is 0.